The van der Waals surface area contributed by atoms with Gasteiger partial charge in [0.05, 0.1) is 5.56 Å². The van der Waals surface area contributed by atoms with Crippen LogP contribution in [0.1, 0.15) is 21.6 Å². The summed E-state index contributed by atoms with van der Waals surface area (Å²) in [6.45, 7) is -0.465. The molecule has 0 atom stereocenters. The zero-order chi connectivity index (χ0) is 21.9. The van der Waals surface area contributed by atoms with Crippen molar-refractivity contribution in [1.82, 2.24) is 10.3 Å². The summed E-state index contributed by atoms with van der Waals surface area (Å²) < 4.78 is 53.3. The lowest BCUT2D eigenvalue weighted by Gasteiger charge is -2.13. The summed E-state index contributed by atoms with van der Waals surface area (Å²) in [6, 6.07) is 10.3. The Morgan fingerprint density at radius 1 is 1.07 bits per heavy atom. The van der Waals surface area contributed by atoms with Gasteiger partial charge < -0.3 is 10.4 Å². The topological polar surface area (TPSA) is 91.3 Å². The molecule has 0 bridgehead atoms. The van der Waals surface area contributed by atoms with E-state index in [9.17, 15) is 27.2 Å². The molecule has 3 N–H and O–H groups in total. The highest BCUT2D eigenvalue weighted by Crippen LogP contribution is 2.34. The summed E-state index contributed by atoms with van der Waals surface area (Å²) in [5.41, 5.74) is -1.39. The highest BCUT2D eigenvalue weighted by atomic mass is 32.1. The predicted octanol–water partition coefficient (Wildman–Crippen LogP) is 4.99. The van der Waals surface area contributed by atoms with E-state index in [-0.39, 0.29) is 26.8 Å². The summed E-state index contributed by atoms with van der Waals surface area (Å²) in [5, 5.41) is 13.1. The third-order valence-corrected chi connectivity index (χ3v) is 4.93. The number of carbonyl (C=O) groups is 2. The number of carbonyl (C=O) groups excluding carboxylic acids is 1. The highest BCUT2D eigenvalue weighted by Gasteiger charge is 2.33. The molecule has 1 heterocycles. The first-order valence-corrected chi connectivity index (χ1v) is 9.17. The van der Waals surface area contributed by atoms with Crippen LogP contribution in [0, 0.1) is 5.82 Å². The lowest BCUT2D eigenvalue weighted by atomic mass is 10.1. The first-order valence-electron chi connectivity index (χ1n) is 8.36. The molecule has 2 amide bonds. The number of aromatic nitrogens is 1. The SMILES string of the molecule is O=C(O)Nc1sc(-c2ccccc2F)nc1C(=O)NCc1ccccc1C(F)(F)F. The fourth-order valence-electron chi connectivity index (χ4n) is 2.62. The molecule has 3 aromatic rings. The van der Waals surface area contributed by atoms with Gasteiger partial charge in [-0.2, -0.15) is 13.2 Å². The van der Waals surface area contributed by atoms with Crippen LogP contribution < -0.4 is 10.6 Å². The van der Waals surface area contributed by atoms with Crippen LogP contribution in [0.2, 0.25) is 0 Å². The van der Waals surface area contributed by atoms with Gasteiger partial charge in [0.15, 0.2) is 5.69 Å². The Labute approximate surface area is 171 Å². The summed E-state index contributed by atoms with van der Waals surface area (Å²) in [6.07, 6.45) is -6.08. The van der Waals surface area contributed by atoms with Gasteiger partial charge in [-0.05, 0) is 23.8 Å². The minimum Gasteiger partial charge on any atom is -0.465 e. The highest BCUT2D eigenvalue weighted by molar-refractivity contribution is 7.19. The van der Waals surface area contributed by atoms with Gasteiger partial charge in [-0.1, -0.05) is 41.7 Å². The van der Waals surface area contributed by atoms with Gasteiger partial charge in [0, 0.05) is 12.1 Å². The van der Waals surface area contributed by atoms with Gasteiger partial charge in [0.2, 0.25) is 0 Å². The molecule has 0 saturated carbocycles. The molecule has 0 unspecified atom stereocenters. The van der Waals surface area contributed by atoms with Crippen LogP contribution in [-0.4, -0.2) is 22.1 Å². The zero-order valence-corrected chi connectivity index (χ0v) is 15.8. The van der Waals surface area contributed by atoms with Gasteiger partial charge in [-0.25, -0.2) is 14.2 Å². The van der Waals surface area contributed by atoms with Crippen LogP contribution in [0.25, 0.3) is 10.6 Å². The van der Waals surface area contributed by atoms with Gasteiger partial charge in [0.25, 0.3) is 5.91 Å². The van der Waals surface area contributed by atoms with Gasteiger partial charge in [-0.3, -0.25) is 10.1 Å². The molecule has 0 saturated heterocycles. The Kier molecular flexibility index (Phi) is 6.01. The molecule has 3 rings (SSSR count). The minimum absolute atomic E-state index is 0.0395. The van der Waals surface area contributed by atoms with Gasteiger partial charge >= 0.3 is 12.3 Å². The minimum atomic E-state index is -4.60. The Morgan fingerprint density at radius 2 is 1.73 bits per heavy atom. The second kappa shape index (κ2) is 8.49. The van der Waals surface area contributed by atoms with Crippen molar-refractivity contribution in [2.24, 2.45) is 0 Å². The molecule has 2 aromatic carbocycles. The van der Waals surface area contributed by atoms with E-state index in [1.807, 2.05) is 5.32 Å². The van der Waals surface area contributed by atoms with Crippen LogP contribution in [0.4, 0.5) is 27.4 Å². The number of amides is 2. The first kappa shape index (κ1) is 21.2. The van der Waals surface area contributed by atoms with Crippen molar-refractivity contribution in [2.75, 3.05) is 5.32 Å². The number of alkyl halides is 3. The summed E-state index contributed by atoms with van der Waals surface area (Å²) in [5.74, 6) is -1.53. The number of halogens is 4. The van der Waals surface area contributed by atoms with E-state index < -0.39 is 36.1 Å². The molecular formula is C19H13F4N3O3S. The lowest BCUT2D eigenvalue weighted by Crippen LogP contribution is -2.26. The maximum atomic E-state index is 14.0. The summed E-state index contributed by atoms with van der Waals surface area (Å²) >= 11 is 0.729. The molecule has 0 aliphatic carbocycles. The molecule has 0 fully saturated rings. The van der Waals surface area contributed by atoms with Crippen LogP contribution in [0.5, 0.6) is 0 Å². The molecule has 30 heavy (non-hydrogen) atoms. The van der Waals surface area contributed by atoms with Crippen LogP contribution >= 0.6 is 11.3 Å². The number of nitrogens with zero attached hydrogens (tertiary/aromatic N) is 1. The van der Waals surface area contributed by atoms with E-state index in [2.05, 4.69) is 10.3 Å². The van der Waals surface area contributed by atoms with E-state index in [4.69, 9.17) is 5.11 Å². The zero-order valence-electron chi connectivity index (χ0n) is 15.0. The number of carboxylic acid groups (broad SMARTS) is 1. The molecule has 0 spiro atoms. The quantitative estimate of drug-likeness (QED) is 0.489. The van der Waals surface area contributed by atoms with E-state index >= 15 is 0 Å². The fraction of sp³-hybridized carbons (Fsp3) is 0.105. The van der Waals surface area contributed by atoms with Gasteiger partial charge in [0.1, 0.15) is 15.8 Å². The molecule has 0 radical (unpaired) electrons. The smallest absolute Gasteiger partial charge is 0.416 e. The first-order chi connectivity index (χ1) is 14.2. The summed E-state index contributed by atoms with van der Waals surface area (Å²) in [7, 11) is 0. The number of thiazole rings is 1. The molecule has 0 aliphatic rings. The average molecular weight is 439 g/mol. The largest absolute Gasteiger partial charge is 0.465 e. The third-order valence-electron chi connectivity index (χ3n) is 3.93. The maximum Gasteiger partial charge on any atom is 0.416 e. The fourth-order valence-corrected chi connectivity index (χ4v) is 3.60. The molecule has 0 aliphatic heterocycles. The number of benzene rings is 2. The molecule has 1 aromatic heterocycles. The van der Waals surface area contributed by atoms with Crippen molar-refractivity contribution in [3.63, 3.8) is 0 Å². The van der Waals surface area contributed by atoms with Crippen molar-refractivity contribution in [3.05, 3.63) is 71.2 Å². The van der Waals surface area contributed by atoms with E-state index in [0.29, 0.717) is 0 Å². The number of rotatable bonds is 5. The second-order valence-electron chi connectivity index (χ2n) is 5.94. The van der Waals surface area contributed by atoms with Gasteiger partial charge in [-0.15, -0.1) is 0 Å². The number of hydrogen-bond acceptors (Lipinski definition) is 4. The lowest BCUT2D eigenvalue weighted by molar-refractivity contribution is -0.138. The van der Waals surface area contributed by atoms with Crippen molar-refractivity contribution >= 4 is 28.3 Å². The number of anilines is 1. The third kappa shape index (κ3) is 4.74. The number of hydrogen-bond donors (Lipinski definition) is 3. The Balaban J connectivity index is 1.89. The van der Waals surface area contributed by atoms with Crippen LogP contribution in [0.3, 0.4) is 0 Å². The average Bonchev–Trinajstić information content (AvgIpc) is 3.09. The Bertz CT molecular complexity index is 1100. The van der Waals surface area contributed by atoms with E-state index in [1.54, 1.807) is 0 Å². The Hall–Kier alpha value is -3.47. The monoisotopic (exact) mass is 439 g/mol. The predicted molar refractivity (Wildman–Crippen MR) is 102 cm³/mol. The van der Waals surface area contributed by atoms with E-state index in [1.165, 1.54) is 42.5 Å². The van der Waals surface area contributed by atoms with Crippen LogP contribution in [-0.2, 0) is 12.7 Å². The molecular weight excluding hydrogens is 426 g/mol. The van der Waals surface area contributed by atoms with Crippen molar-refractivity contribution in [3.8, 4) is 10.6 Å². The second-order valence-corrected chi connectivity index (χ2v) is 6.94. The summed E-state index contributed by atoms with van der Waals surface area (Å²) in [4.78, 5) is 27.6. The Morgan fingerprint density at radius 3 is 2.40 bits per heavy atom. The van der Waals surface area contributed by atoms with Crippen LogP contribution in [0.15, 0.2) is 48.5 Å². The molecule has 156 valence electrons. The maximum absolute atomic E-state index is 14.0. The standard InChI is InChI=1S/C19H13F4N3O3S/c20-13-8-4-2-6-11(13)16-25-14(17(30-16)26-18(28)29)15(27)24-9-10-5-1-3-7-12(10)19(21,22)23/h1-8,26H,9H2,(H,24,27)(H,28,29). The van der Waals surface area contributed by atoms with Crippen molar-refractivity contribution in [1.29, 1.82) is 0 Å². The number of nitrogens with one attached hydrogen (secondary N) is 2. The van der Waals surface area contributed by atoms with E-state index in [0.717, 1.165) is 17.4 Å². The van der Waals surface area contributed by atoms with Crippen molar-refractivity contribution < 1.29 is 32.3 Å². The van der Waals surface area contributed by atoms with Crippen molar-refractivity contribution in [2.45, 2.75) is 12.7 Å². The molecule has 6 nitrogen and oxygen atoms in total. The molecule has 11 heteroatoms. The normalized spacial score (nSPS) is 11.2.